The molecule has 0 aromatic carbocycles. The number of aromatic nitrogens is 2. The van der Waals surface area contributed by atoms with Crippen LogP contribution >= 0.6 is 11.6 Å². The Morgan fingerprint density at radius 3 is 2.81 bits per heavy atom. The maximum absolute atomic E-state index is 11.4. The zero-order valence-corrected chi connectivity index (χ0v) is 12.9. The van der Waals surface area contributed by atoms with Crippen molar-refractivity contribution >= 4 is 32.7 Å². The number of nitrogens with zero attached hydrogens (tertiary/aromatic N) is 2. The standard InChI is InChI=1S/C13H16ClN3O3S/c14-12-8-17(7-9-1-3-20-4-2-9)13-11(12)5-10(6-16-13)21(15,18)19/h5-6,8-9H,1-4,7H2,(H2,15,18,19). The van der Waals surface area contributed by atoms with E-state index in [4.69, 9.17) is 21.5 Å². The summed E-state index contributed by atoms with van der Waals surface area (Å²) < 4.78 is 30.1. The van der Waals surface area contributed by atoms with Gasteiger partial charge in [-0.2, -0.15) is 0 Å². The molecule has 21 heavy (non-hydrogen) atoms. The van der Waals surface area contributed by atoms with Crippen LogP contribution in [0.3, 0.4) is 0 Å². The van der Waals surface area contributed by atoms with Crippen LogP contribution in [0.1, 0.15) is 12.8 Å². The molecular weight excluding hydrogens is 314 g/mol. The number of fused-ring (bicyclic) bond motifs is 1. The van der Waals surface area contributed by atoms with Gasteiger partial charge in [0.25, 0.3) is 0 Å². The van der Waals surface area contributed by atoms with Crippen LogP contribution in [0, 0.1) is 5.92 Å². The molecule has 1 aliphatic rings. The van der Waals surface area contributed by atoms with Crippen molar-refractivity contribution in [1.82, 2.24) is 9.55 Å². The minimum Gasteiger partial charge on any atom is -0.381 e. The molecule has 6 nitrogen and oxygen atoms in total. The first-order valence-electron chi connectivity index (χ1n) is 6.70. The number of rotatable bonds is 3. The van der Waals surface area contributed by atoms with E-state index in [-0.39, 0.29) is 4.90 Å². The summed E-state index contributed by atoms with van der Waals surface area (Å²) in [6.45, 7) is 2.36. The van der Waals surface area contributed by atoms with Gasteiger partial charge in [0.2, 0.25) is 10.0 Å². The van der Waals surface area contributed by atoms with Gasteiger partial charge in [0.05, 0.1) is 5.02 Å². The van der Waals surface area contributed by atoms with Crippen LogP contribution in [-0.2, 0) is 21.3 Å². The van der Waals surface area contributed by atoms with Crippen molar-refractivity contribution < 1.29 is 13.2 Å². The number of hydrogen-bond acceptors (Lipinski definition) is 4. The van der Waals surface area contributed by atoms with Gasteiger partial charge in [-0.15, -0.1) is 0 Å². The number of sulfonamides is 1. The Kier molecular flexibility index (Phi) is 3.92. The van der Waals surface area contributed by atoms with Crippen LogP contribution in [0.25, 0.3) is 11.0 Å². The summed E-state index contributed by atoms with van der Waals surface area (Å²) >= 11 is 6.20. The molecule has 0 radical (unpaired) electrons. The highest BCUT2D eigenvalue weighted by Gasteiger charge is 2.18. The van der Waals surface area contributed by atoms with E-state index in [1.807, 2.05) is 4.57 Å². The van der Waals surface area contributed by atoms with Gasteiger partial charge in [-0.1, -0.05) is 11.6 Å². The summed E-state index contributed by atoms with van der Waals surface area (Å²) in [4.78, 5) is 4.19. The molecule has 8 heteroatoms. The van der Waals surface area contributed by atoms with Crippen LogP contribution in [0.5, 0.6) is 0 Å². The van der Waals surface area contributed by atoms with E-state index in [2.05, 4.69) is 4.98 Å². The van der Waals surface area contributed by atoms with Crippen LogP contribution in [0.15, 0.2) is 23.4 Å². The van der Waals surface area contributed by atoms with Crippen molar-refractivity contribution in [2.75, 3.05) is 13.2 Å². The Morgan fingerprint density at radius 1 is 1.43 bits per heavy atom. The lowest BCUT2D eigenvalue weighted by atomic mass is 10.0. The monoisotopic (exact) mass is 329 g/mol. The number of pyridine rings is 1. The predicted octanol–water partition coefficient (Wildman–Crippen LogP) is 1.76. The Hall–Kier alpha value is -1.15. The van der Waals surface area contributed by atoms with Gasteiger partial charge in [0.15, 0.2) is 0 Å². The smallest absolute Gasteiger partial charge is 0.239 e. The third-order valence-electron chi connectivity index (χ3n) is 3.76. The van der Waals surface area contributed by atoms with Crippen LogP contribution in [0.2, 0.25) is 5.02 Å². The highest BCUT2D eigenvalue weighted by molar-refractivity contribution is 7.89. The van der Waals surface area contributed by atoms with E-state index in [1.54, 1.807) is 6.20 Å². The molecule has 3 heterocycles. The molecule has 0 saturated carbocycles. The van der Waals surface area contributed by atoms with Crippen LogP contribution in [-0.4, -0.2) is 31.2 Å². The first-order chi connectivity index (χ1) is 9.95. The van der Waals surface area contributed by atoms with E-state index < -0.39 is 10.0 Å². The molecule has 0 bridgehead atoms. The third-order valence-corrected chi connectivity index (χ3v) is 4.95. The fourth-order valence-electron chi connectivity index (χ4n) is 2.61. The number of nitrogens with two attached hydrogens (primary N) is 1. The summed E-state index contributed by atoms with van der Waals surface area (Å²) in [5.41, 5.74) is 0.680. The Bertz CT molecular complexity index is 766. The van der Waals surface area contributed by atoms with Gasteiger partial charge < -0.3 is 9.30 Å². The number of hydrogen-bond donors (Lipinski definition) is 1. The third kappa shape index (κ3) is 3.06. The molecule has 1 fully saturated rings. The molecule has 0 atom stereocenters. The van der Waals surface area contributed by atoms with Gasteiger partial charge in [0.1, 0.15) is 10.5 Å². The van der Waals surface area contributed by atoms with Gasteiger partial charge in [-0.3, -0.25) is 0 Å². The quantitative estimate of drug-likeness (QED) is 0.929. The van der Waals surface area contributed by atoms with E-state index in [1.165, 1.54) is 12.3 Å². The zero-order valence-electron chi connectivity index (χ0n) is 11.3. The normalized spacial score (nSPS) is 17.4. The summed E-state index contributed by atoms with van der Waals surface area (Å²) in [6.07, 6.45) is 5.08. The van der Waals surface area contributed by atoms with E-state index in [0.717, 1.165) is 32.6 Å². The van der Waals surface area contributed by atoms with Crippen molar-refractivity contribution in [3.63, 3.8) is 0 Å². The topological polar surface area (TPSA) is 87.2 Å². The average molecular weight is 330 g/mol. The molecule has 0 spiro atoms. The lowest BCUT2D eigenvalue weighted by molar-refractivity contribution is 0.0616. The molecule has 1 saturated heterocycles. The first kappa shape index (κ1) is 14.8. The molecule has 3 rings (SSSR count). The van der Waals surface area contributed by atoms with Crippen molar-refractivity contribution in [3.8, 4) is 0 Å². The fourth-order valence-corrected chi connectivity index (χ4v) is 3.35. The summed E-state index contributed by atoms with van der Waals surface area (Å²) in [5, 5.41) is 6.21. The molecule has 2 aromatic heterocycles. The summed E-state index contributed by atoms with van der Waals surface area (Å²) in [6, 6.07) is 1.47. The predicted molar refractivity (Wildman–Crippen MR) is 79.7 cm³/mol. The second kappa shape index (κ2) is 5.57. The summed E-state index contributed by atoms with van der Waals surface area (Å²) in [5.74, 6) is 0.519. The second-order valence-corrected chi connectivity index (χ2v) is 7.24. The molecule has 2 aromatic rings. The maximum atomic E-state index is 11.4. The minimum atomic E-state index is -3.78. The Morgan fingerprint density at radius 2 is 2.14 bits per heavy atom. The highest BCUT2D eigenvalue weighted by atomic mass is 35.5. The van der Waals surface area contributed by atoms with E-state index in [9.17, 15) is 8.42 Å². The van der Waals surface area contributed by atoms with E-state index in [0.29, 0.717) is 22.0 Å². The average Bonchev–Trinajstić information content (AvgIpc) is 2.75. The number of halogens is 1. The molecule has 2 N–H and O–H groups in total. The lowest BCUT2D eigenvalue weighted by Crippen LogP contribution is -2.20. The zero-order chi connectivity index (χ0) is 15.0. The lowest BCUT2D eigenvalue weighted by Gasteiger charge is -2.22. The van der Waals surface area contributed by atoms with Crippen LogP contribution < -0.4 is 5.14 Å². The Balaban J connectivity index is 1.97. The van der Waals surface area contributed by atoms with Crippen molar-refractivity contribution in [3.05, 3.63) is 23.5 Å². The van der Waals surface area contributed by atoms with Gasteiger partial charge in [-0.25, -0.2) is 18.5 Å². The summed E-state index contributed by atoms with van der Waals surface area (Å²) in [7, 11) is -3.78. The minimum absolute atomic E-state index is 0.0271. The molecule has 1 aliphatic heterocycles. The van der Waals surface area contributed by atoms with Crippen molar-refractivity contribution in [2.24, 2.45) is 11.1 Å². The van der Waals surface area contributed by atoms with Crippen molar-refractivity contribution in [1.29, 1.82) is 0 Å². The molecule has 0 amide bonds. The molecule has 0 aliphatic carbocycles. The largest absolute Gasteiger partial charge is 0.381 e. The first-order valence-corrected chi connectivity index (χ1v) is 8.62. The van der Waals surface area contributed by atoms with E-state index >= 15 is 0 Å². The van der Waals surface area contributed by atoms with Crippen molar-refractivity contribution in [2.45, 2.75) is 24.3 Å². The highest BCUT2D eigenvalue weighted by Crippen LogP contribution is 2.28. The van der Waals surface area contributed by atoms with Gasteiger partial charge >= 0.3 is 0 Å². The van der Waals surface area contributed by atoms with Gasteiger partial charge in [-0.05, 0) is 24.8 Å². The fraction of sp³-hybridized carbons (Fsp3) is 0.462. The number of ether oxygens (including phenoxy) is 1. The molecule has 114 valence electrons. The van der Waals surface area contributed by atoms with Gasteiger partial charge in [0, 0.05) is 37.5 Å². The second-order valence-electron chi connectivity index (χ2n) is 5.27. The number of primary sulfonamides is 1. The molecule has 0 unspecified atom stereocenters. The maximum Gasteiger partial charge on any atom is 0.239 e. The Labute approximate surface area is 127 Å². The van der Waals surface area contributed by atoms with Crippen LogP contribution in [0.4, 0.5) is 0 Å². The SMILES string of the molecule is NS(=O)(=O)c1cnc2c(c1)c(Cl)cn2CC1CCOCC1. The molecular formula is C13H16ClN3O3S.